The van der Waals surface area contributed by atoms with E-state index in [4.69, 9.17) is 4.74 Å². The van der Waals surface area contributed by atoms with Gasteiger partial charge in [0.2, 0.25) is 5.91 Å². The summed E-state index contributed by atoms with van der Waals surface area (Å²) in [5.74, 6) is -1.36. The molecule has 0 saturated carbocycles. The van der Waals surface area contributed by atoms with Crippen molar-refractivity contribution in [1.82, 2.24) is 5.43 Å². The molecule has 0 aliphatic carbocycles. The largest absolute Gasteiger partial charge is 0.545 e. The van der Waals surface area contributed by atoms with Crippen LogP contribution in [0.25, 0.3) is 0 Å². The van der Waals surface area contributed by atoms with Gasteiger partial charge in [-0.1, -0.05) is 24.3 Å². The first-order valence-corrected chi connectivity index (χ1v) is 7.20. The van der Waals surface area contributed by atoms with Crippen LogP contribution < -0.4 is 15.4 Å². The molecule has 0 spiro atoms. The van der Waals surface area contributed by atoms with Gasteiger partial charge < -0.3 is 19.5 Å². The third-order valence-electron chi connectivity index (χ3n) is 3.45. The fourth-order valence-corrected chi connectivity index (χ4v) is 2.14. The van der Waals surface area contributed by atoms with E-state index in [2.05, 4.69) is 10.5 Å². The number of benzene rings is 1. The van der Waals surface area contributed by atoms with E-state index >= 15 is 0 Å². The fraction of sp³-hybridized carbons (Fsp3) is 0.400. The number of quaternary nitrogens is 1. The van der Waals surface area contributed by atoms with E-state index in [9.17, 15) is 14.7 Å². The van der Waals surface area contributed by atoms with Crippen LogP contribution in [-0.2, 0) is 9.53 Å². The maximum atomic E-state index is 11.7. The molecule has 0 bridgehead atoms. The van der Waals surface area contributed by atoms with Gasteiger partial charge in [-0.15, -0.1) is 0 Å². The van der Waals surface area contributed by atoms with Crippen LogP contribution in [0.3, 0.4) is 0 Å². The Morgan fingerprint density at radius 1 is 1.27 bits per heavy atom. The number of carbonyl (C=O) groups excluding carboxylic acids is 2. The van der Waals surface area contributed by atoms with Crippen molar-refractivity contribution in [3.05, 3.63) is 35.4 Å². The van der Waals surface area contributed by atoms with E-state index < -0.39 is 5.97 Å². The number of hydrogen-bond acceptors (Lipinski definition) is 5. The maximum absolute atomic E-state index is 11.7. The van der Waals surface area contributed by atoms with Crippen molar-refractivity contribution in [2.75, 3.05) is 32.8 Å². The third-order valence-corrected chi connectivity index (χ3v) is 3.45. The van der Waals surface area contributed by atoms with Crippen molar-refractivity contribution in [3.8, 4) is 0 Å². The van der Waals surface area contributed by atoms with Gasteiger partial charge in [0.1, 0.15) is 13.1 Å². The summed E-state index contributed by atoms with van der Waals surface area (Å²) < 4.78 is 5.26. The number of nitrogens with one attached hydrogen (secondary N) is 2. The minimum atomic E-state index is -1.22. The van der Waals surface area contributed by atoms with Crippen molar-refractivity contribution in [1.29, 1.82) is 0 Å². The third kappa shape index (κ3) is 5.27. The molecule has 1 aromatic rings. The highest BCUT2D eigenvalue weighted by Gasteiger charge is 2.14. The van der Waals surface area contributed by atoms with Crippen molar-refractivity contribution in [3.63, 3.8) is 0 Å². The second kappa shape index (κ2) is 8.26. The standard InChI is InChI=1S/C15H19N3O4/c19-14(5-6-18-7-9-22-10-8-18)17-16-11-12-1-3-13(4-2-12)15(20)21/h1-4,11H,5-10H2,(H,17,19)(H,20,21)/b16-11+. The van der Waals surface area contributed by atoms with E-state index in [1.807, 2.05) is 0 Å². The predicted molar refractivity (Wildman–Crippen MR) is 77.5 cm³/mol. The Labute approximate surface area is 128 Å². The highest BCUT2D eigenvalue weighted by Crippen LogP contribution is 2.01. The van der Waals surface area contributed by atoms with E-state index in [1.165, 1.54) is 23.2 Å². The number of carboxylic acid groups (broad SMARTS) is 1. The highest BCUT2D eigenvalue weighted by molar-refractivity contribution is 5.88. The molecule has 7 nitrogen and oxygen atoms in total. The van der Waals surface area contributed by atoms with E-state index in [0.717, 1.165) is 32.8 Å². The summed E-state index contributed by atoms with van der Waals surface area (Å²) in [7, 11) is 0. The van der Waals surface area contributed by atoms with Crippen LogP contribution in [0.4, 0.5) is 0 Å². The van der Waals surface area contributed by atoms with Crippen molar-refractivity contribution < 1.29 is 24.3 Å². The molecule has 2 rings (SSSR count). The Bertz CT molecular complexity index is 536. The molecule has 1 aliphatic rings. The molecule has 0 radical (unpaired) electrons. The first kappa shape index (κ1) is 16.1. The SMILES string of the molecule is O=C(CC[NH+]1CCOCC1)N/N=C/c1ccc(C(=O)[O-])cc1. The van der Waals surface area contributed by atoms with Crippen LogP contribution in [0.5, 0.6) is 0 Å². The van der Waals surface area contributed by atoms with Crippen LogP contribution in [0.2, 0.25) is 0 Å². The summed E-state index contributed by atoms with van der Waals surface area (Å²) >= 11 is 0. The molecule has 1 aromatic carbocycles. The Kier molecular flexibility index (Phi) is 6.05. The number of ether oxygens (including phenoxy) is 1. The molecule has 2 N–H and O–H groups in total. The average Bonchev–Trinajstić information content (AvgIpc) is 2.54. The average molecular weight is 305 g/mol. The smallest absolute Gasteiger partial charge is 0.245 e. The van der Waals surface area contributed by atoms with Gasteiger partial charge in [0, 0.05) is 0 Å². The number of carbonyl (C=O) groups is 2. The summed E-state index contributed by atoms with van der Waals surface area (Å²) in [6.45, 7) is 4.13. The van der Waals surface area contributed by atoms with Gasteiger partial charge in [0.25, 0.3) is 0 Å². The van der Waals surface area contributed by atoms with Gasteiger partial charge in [-0.05, 0) is 11.1 Å². The van der Waals surface area contributed by atoms with Crippen molar-refractivity contribution >= 4 is 18.1 Å². The number of nitrogens with zero attached hydrogens (tertiary/aromatic N) is 1. The number of carboxylic acids is 1. The van der Waals surface area contributed by atoms with Crippen LogP contribution in [0.15, 0.2) is 29.4 Å². The number of amides is 1. The molecule has 1 amide bonds. The summed E-state index contributed by atoms with van der Waals surface area (Å²) in [6, 6.07) is 6.05. The summed E-state index contributed by atoms with van der Waals surface area (Å²) in [5, 5.41) is 14.5. The van der Waals surface area contributed by atoms with Crippen LogP contribution in [0.1, 0.15) is 22.3 Å². The number of aromatic carboxylic acids is 1. The van der Waals surface area contributed by atoms with Gasteiger partial charge >= 0.3 is 0 Å². The lowest BCUT2D eigenvalue weighted by molar-refractivity contribution is -0.907. The quantitative estimate of drug-likeness (QED) is 0.461. The molecule has 7 heteroatoms. The minimum absolute atomic E-state index is 0.106. The van der Waals surface area contributed by atoms with Gasteiger partial charge in [0.15, 0.2) is 0 Å². The summed E-state index contributed by atoms with van der Waals surface area (Å²) in [6.07, 6.45) is 1.88. The molecular formula is C15H19N3O4. The van der Waals surface area contributed by atoms with Gasteiger partial charge in [-0.25, -0.2) is 5.43 Å². The minimum Gasteiger partial charge on any atom is -0.545 e. The molecule has 1 aliphatic heterocycles. The highest BCUT2D eigenvalue weighted by atomic mass is 16.5. The number of rotatable bonds is 6. The van der Waals surface area contributed by atoms with Gasteiger partial charge in [-0.3, -0.25) is 4.79 Å². The first-order chi connectivity index (χ1) is 10.6. The Morgan fingerprint density at radius 3 is 2.59 bits per heavy atom. The Balaban J connectivity index is 1.71. The van der Waals surface area contributed by atoms with Crippen molar-refractivity contribution in [2.24, 2.45) is 5.10 Å². The van der Waals surface area contributed by atoms with E-state index in [-0.39, 0.29) is 11.5 Å². The second-order valence-electron chi connectivity index (χ2n) is 5.07. The Hall–Kier alpha value is -2.25. The summed E-state index contributed by atoms with van der Waals surface area (Å²) in [5.41, 5.74) is 3.27. The molecule has 1 fully saturated rings. The fourth-order valence-electron chi connectivity index (χ4n) is 2.14. The zero-order chi connectivity index (χ0) is 15.8. The lowest BCUT2D eigenvalue weighted by Crippen LogP contribution is -3.14. The number of morpholine rings is 1. The lowest BCUT2D eigenvalue weighted by Gasteiger charge is -2.23. The molecule has 1 saturated heterocycles. The van der Waals surface area contributed by atoms with Crippen LogP contribution in [-0.4, -0.2) is 50.9 Å². The van der Waals surface area contributed by atoms with Gasteiger partial charge in [-0.2, -0.15) is 5.10 Å². The van der Waals surface area contributed by atoms with Crippen LogP contribution >= 0.6 is 0 Å². The molecule has 0 atom stereocenters. The number of hydrogen-bond donors (Lipinski definition) is 2. The second-order valence-corrected chi connectivity index (χ2v) is 5.07. The summed E-state index contributed by atoms with van der Waals surface area (Å²) in [4.78, 5) is 23.6. The predicted octanol–water partition coefficient (Wildman–Crippen LogP) is -2.19. The molecule has 118 valence electrons. The lowest BCUT2D eigenvalue weighted by atomic mass is 10.1. The molecule has 1 heterocycles. The van der Waals surface area contributed by atoms with Crippen molar-refractivity contribution in [2.45, 2.75) is 6.42 Å². The zero-order valence-electron chi connectivity index (χ0n) is 12.2. The topological polar surface area (TPSA) is 95.3 Å². The van der Waals surface area contributed by atoms with E-state index in [0.29, 0.717) is 12.0 Å². The van der Waals surface area contributed by atoms with Gasteiger partial charge in [0.05, 0.1) is 38.4 Å². The number of hydrazone groups is 1. The molecule has 22 heavy (non-hydrogen) atoms. The normalized spacial score (nSPS) is 15.8. The molecular weight excluding hydrogens is 286 g/mol. The molecule has 0 unspecified atom stereocenters. The van der Waals surface area contributed by atoms with E-state index in [1.54, 1.807) is 12.1 Å². The Morgan fingerprint density at radius 2 is 1.95 bits per heavy atom. The monoisotopic (exact) mass is 305 g/mol. The first-order valence-electron chi connectivity index (χ1n) is 7.20. The van der Waals surface area contributed by atoms with Crippen LogP contribution in [0, 0.1) is 0 Å². The zero-order valence-corrected chi connectivity index (χ0v) is 12.2. The maximum Gasteiger partial charge on any atom is 0.245 e. The molecule has 0 aromatic heterocycles.